The van der Waals surface area contributed by atoms with E-state index in [2.05, 4.69) is 22.4 Å². The molecule has 0 amide bonds. The number of aromatic nitrogens is 2. The Morgan fingerprint density at radius 3 is 2.94 bits per heavy atom. The van der Waals surface area contributed by atoms with Crippen molar-refractivity contribution in [3.8, 4) is 0 Å². The molecule has 1 aliphatic carbocycles. The van der Waals surface area contributed by atoms with Crippen LogP contribution in [0.4, 0.5) is 0 Å². The van der Waals surface area contributed by atoms with Gasteiger partial charge in [-0.2, -0.15) is 4.98 Å². The molecule has 3 atom stereocenters. The largest absolute Gasteiger partial charge is 0.338 e. The van der Waals surface area contributed by atoms with Gasteiger partial charge in [-0.1, -0.05) is 24.9 Å². The third kappa shape index (κ3) is 2.23. The van der Waals surface area contributed by atoms with Crippen LogP contribution in [0.5, 0.6) is 0 Å². The molecule has 1 aromatic rings. The van der Waals surface area contributed by atoms with E-state index >= 15 is 0 Å². The van der Waals surface area contributed by atoms with Crippen molar-refractivity contribution < 1.29 is 4.52 Å². The highest BCUT2D eigenvalue weighted by atomic mass is 16.5. The summed E-state index contributed by atoms with van der Waals surface area (Å²) < 4.78 is 5.35. The van der Waals surface area contributed by atoms with Crippen molar-refractivity contribution in [2.24, 2.45) is 5.92 Å². The zero-order valence-corrected chi connectivity index (χ0v) is 10.5. The third-order valence-corrected chi connectivity index (χ3v) is 4.25. The van der Waals surface area contributed by atoms with Crippen molar-refractivity contribution in [2.75, 3.05) is 0 Å². The van der Waals surface area contributed by atoms with Crippen molar-refractivity contribution in [1.82, 2.24) is 15.5 Å². The summed E-state index contributed by atoms with van der Waals surface area (Å²) in [5.74, 6) is 2.51. The molecule has 4 nitrogen and oxygen atoms in total. The van der Waals surface area contributed by atoms with E-state index in [0.29, 0.717) is 12.1 Å². The second kappa shape index (κ2) is 4.77. The van der Waals surface area contributed by atoms with Crippen molar-refractivity contribution in [2.45, 2.75) is 64.0 Å². The minimum Gasteiger partial charge on any atom is -0.338 e. The molecule has 0 bridgehead atoms. The number of rotatable bonds is 2. The monoisotopic (exact) mass is 235 g/mol. The van der Waals surface area contributed by atoms with Crippen LogP contribution in [0, 0.1) is 5.92 Å². The summed E-state index contributed by atoms with van der Waals surface area (Å²) in [6.07, 6.45) is 8.80. The van der Waals surface area contributed by atoms with E-state index in [1.807, 2.05) is 0 Å². The van der Waals surface area contributed by atoms with Crippen LogP contribution >= 0.6 is 0 Å². The van der Waals surface area contributed by atoms with Crippen LogP contribution in [0.3, 0.4) is 0 Å². The SMILES string of the molecule is CCc1noc(C2CCC3CCCCC3N2)n1. The first kappa shape index (κ1) is 11.2. The van der Waals surface area contributed by atoms with Crippen LogP contribution in [0.25, 0.3) is 0 Å². The molecule has 2 aliphatic rings. The average molecular weight is 235 g/mol. The van der Waals surface area contributed by atoms with Gasteiger partial charge in [-0.15, -0.1) is 0 Å². The number of hydrogen-bond donors (Lipinski definition) is 1. The smallest absolute Gasteiger partial charge is 0.243 e. The van der Waals surface area contributed by atoms with Crippen molar-refractivity contribution in [3.05, 3.63) is 11.7 Å². The molecule has 4 heteroatoms. The second-order valence-electron chi connectivity index (χ2n) is 5.35. The molecule has 3 unspecified atom stereocenters. The van der Waals surface area contributed by atoms with Gasteiger partial charge < -0.3 is 9.84 Å². The van der Waals surface area contributed by atoms with Gasteiger partial charge >= 0.3 is 0 Å². The maximum Gasteiger partial charge on any atom is 0.243 e. The molecular formula is C13H21N3O. The van der Waals surface area contributed by atoms with Gasteiger partial charge in [-0.3, -0.25) is 0 Å². The van der Waals surface area contributed by atoms with E-state index in [-0.39, 0.29) is 0 Å². The Morgan fingerprint density at radius 2 is 2.12 bits per heavy atom. The van der Waals surface area contributed by atoms with Gasteiger partial charge in [0.05, 0.1) is 6.04 Å². The Morgan fingerprint density at radius 1 is 1.24 bits per heavy atom. The fraction of sp³-hybridized carbons (Fsp3) is 0.846. The summed E-state index contributed by atoms with van der Waals surface area (Å²) in [7, 11) is 0. The molecule has 1 N–H and O–H groups in total. The van der Waals surface area contributed by atoms with Crippen LogP contribution in [0.1, 0.15) is 63.2 Å². The fourth-order valence-corrected chi connectivity index (χ4v) is 3.24. The quantitative estimate of drug-likeness (QED) is 0.856. The van der Waals surface area contributed by atoms with Crippen LogP contribution in [0.15, 0.2) is 4.52 Å². The zero-order valence-electron chi connectivity index (χ0n) is 10.5. The normalized spacial score (nSPS) is 33.4. The van der Waals surface area contributed by atoms with E-state index in [4.69, 9.17) is 4.52 Å². The Bertz CT molecular complexity index is 376. The van der Waals surface area contributed by atoms with Gasteiger partial charge in [0.1, 0.15) is 0 Å². The van der Waals surface area contributed by atoms with Crippen LogP contribution in [-0.2, 0) is 6.42 Å². The number of nitrogens with one attached hydrogen (secondary N) is 1. The minimum absolute atomic E-state index is 0.294. The van der Waals surface area contributed by atoms with E-state index in [1.165, 1.54) is 32.1 Å². The number of nitrogens with zero attached hydrogens (tertiary/aromatic N) is 2. The average Bonchev–Trinajstić information content (AvgIpc) is 2.87. The Balaban J connectivity index is 1.68. The summed E-state index contributed by atoms with van der Waals surface area (Å²) in [6.45, 7) is 2.06. The molecule has 2 heterocycles. The highest BCUT2D eigenvalue weighted by Gasteiger charge is 2.34. The van der Waals surface area contributed by atoms with Crippen molar-refractivity contribution >= 4 is 0 Å². The molecule has 1 saturated heterocycles. The number of aryl methyl sites for hydroxylation is 1. The lowest BCUT2D eigenvalue weighted by Gasteiger charge is -2.39. The predicted molar refractivity (Wildman–Crippen MR) is 64.5 cm³/mol. The van der Waals surface area contributed by atoms with Crippen LogP contribution in [-0.4, -0.2) is 16.2 Å². The number of hydrogen-bond acceptors (Lipinski definition) is 4. The van der Waals surface area contributed by atoms with Gasteiger partial charge in [0.2, 0.25) is 5.89 Å². The Labute approximate surface area is 102 Å². The lowest BCUT2D eigenvalue weighted by atomic mass is 9.78. The Hall–Kier alpha value is -0.900. The summed E-state index contributed by atoms with van der Waals surface area (Å²) in [4.78, 5) is 4.45. The standard InChI is InChI=1S/C13H21N3O/c1-2-12-15-13(17-16-12)11-8-7-9-5-3-4-6-10(9)14-11/h9-11,14H,2-8H2,1H3. The number of fused-ring (bicyclic) bond motifs is 1. The predicted octanol–water partition coefficient (Wildman–Crippen LogP) is 2.62. The lowest BCUT2D eigenvalue weighted by Crippen LogP contribution is -2.44. The Kier molecular flexibility index (Phi) is 3.14. The third-order valence-electron chi connectivity index (χ3n) is 4.25. The summed E-state index contributed by atoms with van der Waals surface area (Å²) in [5.41, 5.74) is 0. The molecule has 2 fully saturated rings. The fourth-order valence-electron chi connectivity index (χ4n) is 3.24. The van der Waals surface area contributed by atoms with Crippen molar-refractivity contribution in [1.29, 1.82) is 0 Å². The lowest BCUT2D eigenvalue weighted by molar-refractivity contribution is 0.158. The molecule has 3 rings (SSSR count). The van der Waals surface area contributed by atoms with Crippen molar-refractivity contribution in [3.63, 3.8) is 0 Å². The maximum absolute atomic E-state index is 5.35. The molecule has 1 aromatic heterocycles. The molecule has 0 radical (unpaired) electrons. The van der Waals surface area contributed by atoms with E-state index in [1.54, 1.807) is 0 Å². The first-order chi connectivity index (χ1) is 8.36. The molecule has 1 aliphatic heterocycles. The summed E-state index contributed by atoms with van der Waals surface area (Å²) in [5, 5.41) is 7.70. The molecule has 94 valence electrons. The van der Waals surface area contributed by atoms with Gasteiger partial charge in [0.15, 0.2) is 5.82 Å². The first-order valence-corrected chi connectivity index (χ1v) is 6.95. The number of piperidine rings is 1. The highest BCUT2D eigenvalue weighted by molar-refractivity contribution is 4.98. The zero-order chi connectivity index (χ0) is 11.7. The maximum atomic E-state index is 5.35. The second-order valence-corrected chi connectivity index (χ2v) is 5.35. The first-order valence-electron chi connectivity index (χ1n) is 6.95. The molecular weight excluding hydrogens is 214 g/mol. The summed E-state index contributed by atoms with van der Waals surface area (Å²) >= 11 is 0. The van der Waals surface area contributed by atoms with Gasteiger partial charge in [-0.05, 0) is 31.6 Å². The van der Waals surface area contributed by atoms with E-state index in [9.17, 15) is 0 Å². The van der Waals surface area contributed by atoms with Crippen LogP contribution < -0.4 is 5.32 Å². The van der Waals surface area contributed by atoms with Gasteiger partial charge in [-0.25, -0.2) is 0 Å². The summed E-state index contributed by atoms with van der Waals surface area (Å²) in [6, 6.07) is 0.974. The molecule has 17 heavy (non-hydrogen) atoms. The van der Waals surface area contributed by atoms with Crippen LogP contribution in [0.2, 0.25) is 0 Å². The van der Waals surface area contributed by atoms with E-state index in [0.717, 1.165) is 30.5 Å². The molecule has 0 spiro atoms. The van der Waals surface area contributed by atoms with E-state index < -0.39 is 0 Å². The van der Waals surface area contributed by atoms with Gasteiger partial charge in [0, 0.05) is 12.5 Å². The highest BCUT2D eigenvalue weighted by Crippen LogP contribution is 2.36. The van der Waals surface area contributed by atoms with Gasteiger partial charge in [0.25, 0.3) is 0 Å². The topological polar surface area (TPSA) is 51.0 Å². The molecule has 0 aromatic carbocycles. The minimum atomic E-state index is 0.294. The molecule has 1 saturated carbocycles.